The predicted molar refractivity (Wildman–Crippen MR) is 172 cm³/mol. The van der Waals surface area contributed by atoms with E-state index in [0.29, 0.717) is 34.7 Å². The number of benzene rings is 3. The normalized spacial score (nSPS) is 16.1. The van der Waals surface area contributed by atoms with Gasteiger partial charge in [0.1, 0.15) is 0 Å². The number of aromatic carboxylic acids is 1. The highest BCUT2D eigenvalue weighted by atomic mass is 35.5. The van der Waals surface area contributed by atoms with E-state index in [-0.39, 0.29) is 35.1 Å². The van der Waals surface area contributed by atoms with Crippen molar-refractivity contribution >= 4 is 64.6 Å². The third-order valence-corrected chi connectivity index (χ3v) is 7.66. The Morgan fingerprint density at radius 3 is 2.20 bits per heavy atom. The molecule has 12 nitrogen and oxygen atoms in total. The van der Waals surface area contributed by atoms with Crippen molar-refractivity contribution in [3.63, 3.8) is 0 Å². The quantitative estimate of drug-likeness (QED) is 0.135. The van der Waals surface area contributed by atoms with Gasteiger partial charge in [0.2, 0.25) is 5.91 Å². The Balaban J connectivity index is 0.00000442. The average Bonchev–Trinajstić information content (AvgIpc) is 3.31. The van der Waals surface area contributed by atoms with E-state index in [1.807, 2.05) is 47.9 Å². The fraction of sp³-hybridized carbons (Fsp3) is 0.226. The van der Waals surface area contributed by atoms with Crippen LogP contribution in [0.25, 0.3) is 11.3 Å². The number of nitrogens with one attached hydrogen (secondary N) is 2. The van der Waals surface area contributed by atoms with E-state index in [4.69, 9.17) is 5.84 Å². The Labute approximate surface area is 261 Å². The number of carbonyl (C=O) groups excluding carboxylic acids is 3. The molecule has 2 aliphatic heterocycles. The summed E-state index contributed by atoms with van der Waals surface area (Å²) in [5.74, 6) is 3.49. The van der Waals surface area contributed by atoms with Crippen LogP contribution >= 0.6 is 12.4 Å². The van der Waals surface area contributed by atoms with Crippen LogP contribution in [0.2, 0.25) is 0 Å². The molecule has 0 spiro atoms. The molecule has 0 saturated carbocycles. The number of amides is 4. The number of fused-ring (bicyclic) bond motifs is 1. The Kier molecular flexibility index (Phi) is 10.0. The first-order valence-corrected chi connectivity index (χ1v) is 13.7. The van der Waals surface area contributed by atoms with Gasteiger partial charge in [-0.3, -0.25) is 19.9 Å². The highest BCUT2D eigenvalue weighted by molar-refractivity contribution is 6.43. The third kappa shape index (κ3) is 6.58. The number of piperazine rings is 1. The summed E-state index contributed by atoms with van der Waals surface area (Å²) in [6, 6.07) is 19.6. The lowest BCUT2D eigenvalue weighted by Crippen LogP contribution is -2.48. The highest BCUT2D eigenvalue weighted by Gasteiger charge is 2.39. The molecule has 5 rings (SSSR count). The monoisotopic (exact) mass is 619 g/mol. The van der Waals surface area contributed by atoms with Crippen LogP contribution < -0.4 is 26.4 Å². The minimum Gasteiger partial charge on any atom is -0.478 e. The van der Waals surface area contributed by atoms with Gasteiger partial charge in [-0.25, -0.2) is 20.3 Å². The number of rotatable bonds is 7. The number of hydrogen-bond donors (Lipinski definition) is 4. The summed E-state index contributed by atoms with van der Waals surface area (Å²) in [5.41, 5.74) is 4.96. The molecule has 1 fully saturated rings. The van der Waals surface area contributed by atoms with E-state index < -0.39 is 17.9 Å². The van der Waals surface area contributed by atoms with Crippen molar-refractivity contribution in [1.82, 2.24) is 15.2 Å². The minimum atomic E-state index is -1.20. The van der Waals surface area contributed by atoms with Crippen molar-refractivity contribution in [1.29, 1.82) is 0 Å². The highest BCUT2D eigenvalue weighted by Crippen LogP contribution is 2.42. The van der Waals surface area contributed by atoms with Crippen LogP contribution in [0.4, 0.5) is 21.9 Å². The van der Waals surface area contributed by atoms with E-state index in [1.165, 1.54) is 18.2 Å². The van der Waals surface area contributed by atoms with Gasteiger partial charge in [0.05, 0.1) is 29.1 Å². The molecule has 44 heavy (non-hydrogen) atoms. The molecule has 0 bridgehead atoms. The number of hydrogen-bond acceptors (Lipinski definition) is 8. The fourth-order valence-corrected chi connectivity index (χ4v) is 5.15. The summed E-state index contributed by atoms with van der Waals surface area (Å²) in [5, 5.41) is 12.8. The second kappa shape index (κ2) is 13.7. The molecule has 2 aliphatic rings. The smallest absolute Gasteiger partial charge is 0.343 e. The maximum atomic E-state index is 13.8. The molecule has 1 saturated heterocycles. The first-order chi connectivity index (χ1) is 20.7. The molecule has 230 valence electrons. The standard InChI is InChI=1S/C31H33N7O5.ClH/c1-35-14-16-37(17-15-35)19-26(39)36(2)23-11-9-22(10-12-23)33-28(20-6-4-3-5-7-20)27-24-13-8-21(30(41)42)18-25(24)38(29(27)40)31(43)34-32;/h3-13,18,33H,14-17,19,32H2,1-2H3,(H,34,43)(H,41,42);1H/b28-27-;. The van der Waals surface area contributed by atoms with Crippen molar-refractivity contribution in [2.45, 2.75) is 0 Å². The molecule has 0 unspecified atom stereocenters. The maximum absolute atomic E-state index is 13.8. The van der Waals surface area contributed by atoms with Gasteiger partial charge in [0.15, 0.2) is 0 Å². The second-order valence-electron chi connectivity index (χ2n) is 10.4. The number of nitrogens with zero attached hydrogens (tertiary/aromatic N) is 4. The molecule has 5 N–H and O–H groups in total. The van der Waals surface area contributed by atoms with Gasteiger partial charge in [-0.1, -0.05) is 36.4 Å². The number of halogens is 1. The topological polar surface area (TPSA) is 152 Å². The van der Waals surface area contributed by atoms with Crippen LogP contribution in [0, 0.1) is 0 Å². The average molecular weight is 620 g/mol. The number of carboxylic acid groups (broad SMARTS) is 1. The molecule has 3 aromatic carbocycles. The molecular weight excluding hydrogens is 586 g/mol. The van der Waals surface area contributed by atoms with Crippen LogP contribution in [0.5, 0.6) is 0 Å². The summed E-state index contributed by atoms with van der Waals surface area (Å²) >= 11 is 0. The van der Waals surface area contributed by atoms with E-state index in [2.05, 4.69) is 22.2 Å². The van der Waals surface area contributed by atoms with Crippen molar-refractivity contribution in [3.8, 4) is 0 Å². The molecular formula is C31H34ClN7O5. The van der Waals surface area contributed by atoms with Gasteiger partial charge >= 0.3 is 12.0 Å². The van der Waals surface area contributed by atoms with Crippen molar-refractivity contribution in [3.05, 3.63) is 89.5 Å². The maximum Gasteiger partial charge on any atom is 0.343 e. The van der Waals surface area contributed by atoms with Crippen molar-refractivity contribution in [2.75, 3.05) is 61.9 Å². The lowest BCUT2D eigenvalue weighted by Gasteiger charge is -2.32. The molecule has 2 heterocycles. The Morgan fingerprint density at radius 2 is 1.59 bits per heavy atom. The summed E-state index contributed by atoms with van der Waals surface area (Å²) in [6.45, 7) is 3.89. The molecule has 0 radical (unpaired) electrons. The molecule has 3 aromatic rings. The summed E-state index contributed by atoms with van der Waals surface area (Å²) < 4.78 is 0. The number of hydrazine groups is 1. The van der Waals surface area contributed by atoms with Crippen LogP contribution in [0.3, 0.4) is 0 Å². The van der Waals surface area contributed by atoms with Gasteiger partial charge in [-0.15, -0.1) is 12.4 Å². The Morgan fingerprint density at radius 1 is 0.932 bits per heavy atom. The lowest BCUT2D eigenvalue weighted by atomic mass is 9.99. The van der Waals surface area contributed by atoms with Crippen LogP contribution in [0.1, 0.15) is 21.5 Å². The number of likely N-dealkylation sites (N-methyl/N-ethyl adjacent to an activating group) is 2. The van der Waals surface area contributed by atoms with Gasteiger partial charge < -0.3 is 20.2 Å². The summed E-state index contributed by atoms with van der Waals surface area (Å²) in [7, 11) is 3.82. The van der Waals surface area contributed by atoms with E-state index in [0.717, 1.165) is 31.1 Å². The van der Waals surface area contributed by atoms with Crippen LogP contribution in [-0.2, 0) is 9.59 Å². The van der Waals surface area contributed by atoms with Gasteiger partial charge in [-0.2, -0.15) is 0 Å². The number of urea groups is 1. The summed E-state index contributed by atoms with van der Waals surface area (Å²) in [4.78, 5) is 57.9. The van der Waals surface area contributed by atoms with E-state index in [1.54, 1.807) is 24.1 Å². The van der Waals surface area contributed by atoms with E-state index in [9.17, 15) is 24.3 Å². The number of anilines is 3. The Bertz CT molecular complexity index is 1590. The van der Waals surface area contributed by atoms with E-state index >= 15 is 0 Å². The number of carboxylic acids is 1. The fourth-order valence-electron chi connectivity index (χ4n) is 5.15. The SMILES string of the molecule is CN1CCN(CC(=O)N(C)c2ccc(N/C(=C3\C(=O)N(C(=O)NN)c4cc(C(=O)O)ccc43)c3ccccc3)cc2)CC1.Cl. The second-order valence-corrected chi connectivity index (χ2v) is 10.4. The largest absolute Gasteiger partial charge is 0.478 e. The van der Waals surface area contributed by atoms with Crippen molar-refractivity contribution < 1.29 is 24.3 Å². The molecule has 13 heteroatoms. The summed E-state index contributed by atoms with van der Waals surface area (Å²) in [6.07, 6.45) is 0. The zero-order valence-corrected chi connectivity index (χ0v) is 25.1. The van der Waals surface area contributed by atoms with Gasteiger partial charge in [-0.05, 0) is 49.0 Å². The minimum absolute atomic E-state index is 0. The first-order valence-electron chi connectivity index (χ1n) is 13.7. The van der Waals surface area contributed by atoms with Gasteiger partial charge in [0.25, 0.3) is 5.91 Å². The number of imide groups is 1. The zero-order chi connectivity index (χ0) is 30.7. The molecule has 0 aliphatic carbocycles. The predicted octanol–water partition coefficient (Wildman–Crippen LogP) is 2.93. The molecule has 0 aromatic heterocycles. The molecule has 4 amide bonds. The Hall–Kier alpha value is -4.75. The van der Waals surface area contributed by atoms with Crippen molar-refractivity contribution in [2.24, 2.45) is 5.84 Å². The zero-order valence-electron chi connectivity index (χ0n) is 24.3. The van der Waals surface area contributed by atoms with Crippen LogP contribution in [0.15, 0.2) is 72.8 Å². The number of nitrogens with two attached hydrogens (primary N) is 1. The molecule has 0 atom stereocenters. The lowest BCUT2D eigenvalue weighted by molar-refractivity contribution is -0.119. The first kappa shape index (κ1) is 32.2. The van der Waals surface area contributed by atoms with Gasteiger partial charge in [0, 0.05) is 50.2 Å². The third-order valence-electron chi connectivity index (χ3n) is 7.66. The number of carbonyl (C=O) groups is 4. The van der Waals surface area contributed by atoms with Crippen LogP contribution in [-0.4, -0.2) is 85.5 Å².